The number of nitrogens with zero attached hydrogens (tertiary/aromatic N) is 2. The normalized spacial score (nSPS) is 22.6. The topological polar surface area (TPSA) is 36.8 Å². The van der Waals surface area contributed by atoms with E-state index in [0.717, 1.165) is 35.5 Å². The average Bonchev–Trinajstić information content (AvgIpc) is 3.35. The first-order valence-electron chi connectivity index (χ1n) is 21.9. The maximum Gasteiger partial charge on any atom is 0.129 e. The summed E-state index contributed by atoms with van der Waals surface area (Å²) >= 11 is 0. The third-order valence-corrected chi connectivity index (χ3v) is 13.3. The van der Waals surface area contributed by atoms with Crippen LogP contribution in [0.5, 0.6) is 0 Å². The number of allylic oxidation sites excluding steroid dienone is 12. The maximum atomic E-state index is 5.52. The van der Waals surface area contributed by atoms with Gasteiger partial charge in [-0.15, -0.1) is 0 Å². The molecule has 5 unspecified atom stereocenters. The highest BCUT2D eigenvalue weighted by Gasteiger charge is 2.32. The lowest BCUT2D eigenvalue weighted by Gasteiger charge is -2.34. The molecule has 0 radical (unpaired) electrons. The van der Waals surface area contributed by atoms with Crippen molar-refractivity contribution in [3.8, 4) is 11.1 Å². The summed E-state index contributed by atoms with van der Waals surface area (Å²) in [5, 5.41) is 8.89. The minimum Gasteiger partial charge on any atom is -0.340 e. The fourth-order valence-electron chi connectivity index (χ4n) is 10.1. The van der Waals surface area contributed by atoms with Crippen LogP contribution >= 0.6 is 0 Å². The summed E-state index contributed by atoms with van der Waals surface area (Å²) < 4.78 is 0. The molecule has 0 spiro atoms. The molecule has 0 fully saturated rings. The van der Waals surface area contributed by atoms with Gasteiger partial charge in [-0.2, -0.15) is 0 Å². The van der Waals surface area contributed by atoms with E-state index >= 15 is 0 Å². The van der Waals surface area contributed by atoms with E-state index in [1.165, 1.54) is 66.1 Å². The lowest BCUT2D eigenvalue weighted by molar-refractivity contribution is 0.652. The Balaban J connectivity index is 0.971. The lowest BCUT2D eigenvalue weighted by atomic mass is 9.70. The van der Waals surface area contributed by atoms with Crippen LogP contribution in [-0.4, -0.2) is 12.1 Å². The van der Waals surface area contributed by atoms with Crippen molar-refractivity contribution in [2.75, 3.05) is 0 Å². The summed E-state index contributed by atoms with van der Waals surface area (Å²) in [5.41, 5.74) is 13.8. The van der Waals surface area contributed by atoms with Crippen LogP contribution in [0.15, 0.2) is 234 Å². The Morgan fingerprint density at radius 1 is 0.645 bits per heavy atom. The van der Waals surface area contributed by atoms with Gasteiger partial charge in [-0.05, 0) is 108 Å². The molecular formula is C59H47N3. The molecule has 2 heterocycles. The van der Waals surface area contributed by atoms with Crippen LogP contribution in [0.4, 0.5) is 0 Å². The zero-order chi connectivity index (χ0) is 41.4. The van der Waals surface area contributed by atoms with Crippen molar-refractivity contribution in [3.05, 3.63) is 252 Å². The quantitative estimate of drug-likeness (QED) is 0.121. The highest BCUT2D eigenvalue weighted by atomic mass is 15.0. The largest absolute Gasteiger partial charge is 0.340 e. The first-order chi connectivity index (χ1) is 30.7. The second-order valence-corrected chi connectivity index (χ2v) is 16.9. The van der Waals surface area contributed by atoms with E-state index in [0.29, 0.717) is 11.8 Å². The highest BCUT2D eigenvalue weighted by molar-refractivity contribution is 6.13. The number of benzene rings is 6. The molecule has 3 nitrogen and oxygen atoms in total. The average molecular weight is 798 g/mol. The zero-order valence-corrected chi connectivity index (χ0v) is 34.6. The SMILES string of the molecule is C=C/C=C\C1C=CN=CC1c1ccc(C2=CC(c3cccc(-c4cc5ccccc5c5ccccc45)c3)N=C(C3=CC=C(C4=Cc5ccccc5C5C=CC=CC45)CC3)N2)cc1. The molecule has 1 N–H and O–H groups in total. The molecule has 3 heteroatoms. The Kier molecular flexibility index (Phi) is 9.86. The number of hydrogen-bond donors (Lipinski definition) is 1. The number of aliphatic imine (C=N–C) groups is 2. The first kappa shape index (κ1) is 37.6. The van der Waals surface area contributed by atoms with Crippen molar-refractivity contribution in [2.24, 2.45) is 21.8 Å². The molecule has 298 valence electrons. The summed E-state index contributed by atoms with van der Waals surface area (Å²) in [4.78, 5) is 10.0. The molecule has 62 heavy (non-hydrogen) atoms. The summed E-state index contributed by atoms with van der Waals surface area (Å²) in [7, 11) is 0. The molecular weight excluding hydrogens is 751 g/mol. The molecule has 0 saturated heterocycles. The standard InChI is InChI=1S/C59H47N3/c1-2-3-13-39-32-33-60-38-56(39)41-24-28-42(29-25-41)57-37-58(47-17-12-16-44(34-47)55-36-46-15-5-7-19-49(46)51-21-9-11-23-53(51)55)62-59(61-57)43-30-26-40(27-31-43)54-35-45-14-4-6-18-48(45)50-20-8-10-22-52(50)54/h2-26,28-30,32-39,50,52,56,58H,1,27,31H2,(H,61,62)/b13-3-. The number of rotatable bonds is 8. The van der Waals surface area contributed by atoms with Gasteiger partial charge in [-0.1, -0.05) is 189 Å². The van der Waals surface area contributed by atoms with Crippen LogP contribution in [0.3, 0.4) is 0 Å². The number of hydrogen-bond acceptors (Lipinski definition) is 3. The Hall–Kier alpha value is -7.36. The molecule has 6 aromatic carbocycles. The summed E-state index contributed by atoms with van der Waals surface area (Å²) in [6.45, 7) is 3.88. The Morgan fingerprint density at radius 2 is 1.42 bits per heavy atom. The third kappa shape index (κ3) is 7.00. The van der Waals surface area contributed by atoms with Crippen LogP contribution < -0.4 is 5.32 Å². The van der Waals surface area contributed by atoms with Crippen LogP contribution in [0.25, 0.3) is 44.4 Å². The molecule has 6 aromatic rings. The van der Waals surface area contributed by atoms with Gasteiger partial charge in [0.25, 0.3) is 0 Å². The number of amidine groups is 1. The van der Waals surface area contributed by atoms with E-state index in [-0.39, 0.29) is 17.9 Å². The van der Waals surface area contributed by atoms with Gasteiger partial charge in [0, 0.05) is 41.8 Å². The van der Waals surface area contributed by atoms with Crippen LogP contribution in [0.1, 0.15) is 58.5 Å². The van der Waals surface area contributed by atoms with Crippen molar-refractivity contribution in [1.29, 1.82) is 0 Å². The minimum absolute atomic E-state index is 0.161. The van der Waals surface area contributed by atoms with Gasteiger partial charge in [-0.3, -0.25) is 9.98 Å². The molecule has 5 aliphatic rings. The van der Waals surface area contributed by atoms with E-state index in [4.69, 9.17) is 4.99 Å². The van der Waals surface area contributed by atoms with Gasteiger partial charge >= 0.3 is 0 Å². The van der Waals surface area contributed by atoms with E-state index in [1.807, 2.05) is 18.4 Å². The van der Waals surface area contributed by atoms with E-state index in [2.05, 4.69) is 211 Å². The molecule has 3 aliphatic carbocycles. The van der Waals surface area contributed by atoms with Gasteiger partial charge in [0.05, 0.1) is 6.04 Å². The van der Waals surface area contributed by atoms with E-state index in [1.54, 1.807) is 0 Å². The molecule has 2 aliphatic heterocycles. The van der Waals surface area contributed by atoms with Gasteiger partial charge in [0.2, 0.25) is 0 Å². The van der Waals surface area contributed by atoms with Crippen molar-refractivity contribution in [1.82, 2.24) is 5.32 Å². The second-order valence-electron chi connectivity index (χ2n) is 16.9. The molecule has 0 bridgehead atoms. The fourth-order valence-corrected chi connectivity index (χ4v) is 10.1. The van der Waals surface area contributed by atoms with E-state index < -0.39 is 0 Å². The van der Waals surface area contributed by atoms with Crippen molar-refractivity contribution in [3.63, 3.8) is 0 Å². The number of fused-ring (bicyclic) bond motifs is 6. The lowest BCUT2D eigenvalue weighted by Crippen LogP contribution is -2.29. The molecule has 0 amide bonds. The predicted molar refractivity (Wildman–Crippen MR) is 262 cm³/mol. The maximum absolute atomic E-state index is 5.52. The van der Waals surface area contributed by atoms with Gasteiger partial charge in [-0.25, -0.2) is 0 Å². The Morgan fingerprint density at radius 3 is 2.27 bits per heavy atom. The summed E-state index contributed by atoms with van der Waals surface area (Å²) in [6.07, 6.45) is 32.6. The zero-order valence-electron chi connectivity index (χ0n) is 34.6. The van der Waals surface area contributed by atoms with E-state index in [9.17, 15) is 0 Å². The number of nitrogens with one attached hydrogen (secondary N) is 1. The van der Waals surface area contributed by atoms with Crippen LogP contribution in [0, 0.1) is 11.8 Å². The van der Waals surface area contributed by atoms with Crippen molar-refractivity contribution in [2.45, 2.75) is 30.7 Å². The van der Waals surface area contributed by atoms with Crippen LogP contribution in [-0.2, 0) is 0 Å². The minimum atomic E-state index is -0.180. The molecule has 0 saturated carbocycles. The predicted octanol–water partition coefficient (Wildman–Crippen LogP) is 14.4. The Bertz CT molecular complexity index is 3080. The first-order valence-corrected chi connectivity index (χ1v) is 21.9. The summed E-state index contributed by atoms with van der Waals surface area (Å²) in [5.74, 6) is 2.04. The molecule has 11 rings (SSSR count). The monoisotopic (exact) mass is 797 g/mol. The van der Waals surface area contributed by atoms with Gasteiger partial charge in [0.1, 0.15) is 5.84 Å². The second kappa shape index (κ2) is 16.2. The van der Waals surface area contributed by atoms with Gasteiger partial charge in [0.15, 0.2) is 0 Å². The third-order valence-electron chi connectivity index (χ3n) is 13.3. The Labute approximate surface area is 364 Å². The molecule has 0 aromatic heterocycles. The molecule has 5 atom stereocenters. The fraction of sp³-hybridized carbons (Fsp3) is 0.119. The smallest absolute Gasteiger partial charge is 0.129 e. The van der Waals surface area contributed by atoms with Gasteiger partial charge < -0.3 is 5.32 Å². The summed E-state index contributed by atoms with van der Waals surface area (Å²) in [6, 6.07) is 46.5. The van der Waals surface area contributed by atoms with Crippen molar-refractivity contribution >= 4 is 45.4 Å². The van der Waals surface area contributed by atoms with Crippen LogP contribution in [0.2, 0.25) is 0 Å². The highest BCUT2D eigenvalue weighted by Crippen LogP contribution is 2.46. The van der Waals surface area contributed by atoms with Crippen molar-refractivity contribution < 1.29 is 0 Å².